The highest BCUT2D eigenvalue weighted by atomic mass is 19.4. The lowest BCUT2D eigenvalue weighted by molar-refractivity contribution is -0.142. The van der Waals surface area contributed by atoms with Crippen molar-refractivity contribution in [2.45, 2.75) is 19.1 Å². The molecule has 0 bridgehead atoms. The van der Waals surface area contributed by atoms with E-state index in [4.69, 9.17) is 5.26 Å². The van der Waals surface area contributed by atoms with Crippen molar-refractivity contribution in [3.8, 4) is 6.07 Å². The third kappa shape index (κ3) is 2.43. The first-order valence-corrected chi connectivity index (χ1v) is 3.67. The van der Waals surface area contributed by atoms with Crippen molar-refractivity contribution in [1.29, 1.82) is 5.26 Å². The summed E-state index contributed by atoms with van der Waals surface area (Å²) in [5.74, 6) is 0. The molecule has 8 heteroatoms. The van der Waals surface area contributed by atoms with Crippen molar-refractivity contribution in [1.82, 2.24) is 9.78 Å². The lowest BCUT2D eigenvalue weighted by atomic mass is 10.3. The minimum Gasteiger partial charge on any atom is -0.207 e. The van der Waals surface area contributed by atoms with Crippen molar-refractivity contribution < 1.29 is 22.0 Å². The number of hydrogen-bond acceptors (Lipinski definition) is 2. The molecule has 0 radical (unpaired) electrons. The molecular weight excluding hydrogens is 221 g/mol. The van der Waals surface area contributed by atoms with Crippen LogP contribution in [0.5, 0.6) is 0 Å². The van der Waals surface area contributed by atoms with E-state index >= 15 is 0 Å². The van der Waals surface area contributed by atoms with E-state index in [-0.39, 0.29) is 4.68 Å². The summed E-state index contributed by atoms with van der Waals surface area (Å²) >= 11 is 0. The summed E-state index contributed by atoms with van der Waals surface area (Å²) in [5, 5.41) is 10.9. The van der Waals surface area contributed by atoms with E-state index in [9.17, 15) is 22.0 Å². The highest BCUT2D eigenvalue weighted by Gasteiger charge is 2.35. The smallest absolute Gasteiger partial charge is 0.207 e. The van der Waals surface area contributed by atoms with Gasteiger partial charge < -0.3 is 0 Å². The molecule has 0 saturated carbocycles. The van der Waals surface area contributed by atoms with Crippen molar-refractivity contribution in [2.24, 2.45) is 0 Å². The molecule has 1 rings (SSSR count). The highest BCUT2D eigenvalue weighted by molar-refractivity contribution is 5.16. The lowest BCUT2D eigenvalue weighted by Crippen LogP contribution is -2.09. The van der Waals surface area contributed by atoms with Gasteiger partial charge in [-0.3, -0.25) is 0 Å². The van der Waals surface area contributed by atoms with E-state index in [1.54, 1.807) is 0 Å². The van der Waals surface area contributed by atoms with Crippen LogP contribution < -0.4 is 0 Å². The van der Waals surface area contributed by atoms with Gasteiger partial charge in [0, 0.05) is 0 Å². The van der Waals surface area contributed by atoms with E-state index in [2.05, 4.69) is 5.10 Å². The third-order valence-corrected chi connectivity index (χ3v) is 1.55. The van der Waals surface area contributed by atoms with Gasteiger partial charge in [0.15, 0.2) is 5.69 Å². The van der Waals surface area contributed by atoms with Gasteiger partial charge in [0.05, 0.1) is 18.2 Å². The van der Waals surface area contributed by atoms with E-state index in [0.717, 1.165) is 0 Å². The van der Waals surface area contributed by atoms with Gasteiger partial charge in [0.2, 0.25) is 0 Å². The quantitative estimate of drug-likeness (QED) is 0.725. The summed E-state index contributed by atoms with van der Waals surface area (Å²) in [6, 6.07) is 1.92. The van der Waals surface area contributed by atoms with Crippen molar-refractivity contribution >= 4 is 0 Å². The zero-order valence-corrected chi connectivity index (χ0v) is 7.09. The Morgan fingerprint density at radius 3 is 2.47 bits per heavy atom. The second-order valence-electron chi connectivity index (χ2n) is 2.58. The monoisotopic (exact) mass is 225 g/mol. The van der Waals surface area contributed by atoms with Crippen LogP contribution in [0.25, 0.3) is 0 Å². The zero-order chi connectivity index (χ0) is 11.6. The molecule has 0 aliphatic rings. The van der Waals surface area contributed by atoms with Gasteiger partial charge in [0.25, 0.3) is 0 Å². The molecule has 0 aliphatic heterocycles. The van der Waals surface area contributed by atoms with Crippen LogP contribution in [0, 0.1) is 11.3 Å². The first-order valence-electron chi connectivity index (χ1n) is 3.67. The maximum atomic E-state index is 12.2. The molecular formula is C7H4F5N3. The molecule has 82 valence electrons. The minimum absolute atomic E-state index is 0.105. The van der Waals surface area contributed by atoms with Crippen LogP contribution in [0.2, 0.25) is 0 Å². The first-order chi connectivity index (χ1) is 6.86. The third-order valence-electron chi connectivity index (χ3n) is 1.55. The minimum atomic E-state index is -4.79. The Balaban J connectivity index is 3.16. The van der Waals surface area contributed by atoms with E-state index < -0.39 is 30.5 Å². The van der Waals surface area contributed by atoms with Crippen molar-refractivity contribution in [2.75, 3.05) is 0 Å². The molecule has 0 fully saturated rings. The highest BCUT2D eigenvalue weighted by Crippen LogP contribution is 2.29. The summed E-state index contributed by atoms with van der Waals surface area (Å²) in [6.07, 6.45) is -5.34. The average molecular weight is 225 g/mol. The van der Waals surface area contributed by atoms with Gasteiger partial charge in [0.1, 0.15) is 0 Å². The standard InChI is InChI=1S/C7H4F5N3/c8-6(9)15-4(1-2-13)3-5(14-15)7(10,11)12/h3,6H,1H2. The summed E-state index contributed by atoms with van der Waals surface area (Å²) < 4.78 is 60.5. The number of aromatic nitrogens is 2. The fraction of sp³-hybridized carbons (Fsp3) is 0.429. The van der Waals surface area contributed by atoms with Gasteiger partial charge in [-0.2, -0.15) is 32.3 Å². The molecule has 1 aromatic rings. The van der Waals surface area contributed by atoms with Crippen LogP contribution >= 0.6 is 0 Å². The summed E-state index contributed by atoms with van der Waals surface area (Å²) in [4.78, 5) is 0. The predicted molar refractivity (Wildman–Crippen MR) is 37.8 cm³/mol. The fourth-order valence-corrected chi connectivity index (χ4v) is 0.954. The largest absolute Gasteiger partial charge is 0.435 e. The molecule has 0 atom stereocenters. The molecule has 0 aliphatic carbocycles. The second-order valence-corrected chi connectivity index (χ2v) is 2.58. The Morgan fingerprint density at radius 2 is 2.07 bits per heavy atom. The van der Waals surface area contributed by atoms with E-state index in [1.165, 1.54) is 6.07 Å². The van der Waals surface area contributed by atoms with Crippen LogP contribution in [-0.4, -0.2) is 9.78 Å². The van der Waals surface area contributed by atoms with Crippen LogP contribution in [0.1, 0.15) is 17.9 Å². The Bertz CT molecular complexity index is 386. The molecule has 1 heterocycles. The number of nitriles is 1. The molecule has 3 nitrogen and oxygen atoms in total. The summed E-state index contributed by atoms with van der Waals surface area (Å²) in [7, 11) is 0. The number of alkyl halides is 5. The number of rotatable bonds is 2. The predicted octanol–water partition coefficient (Wildman–Crippen LogP) is 2.36. The molecule has 0 N–H and O–H groups in total. The Morgan fingerprint density at radius 1 is 1.47 bits per heavy atom. The Kier molecular flexibility index (Phi) is 2.93. The molecule has 0 amide bonds. The van der Waals surface area contributed by atoms with Crippen LogP contribution in [0.4, 0.5) is 22.0 Å². The fourth-order valence-electron chi connectivity index (χ4n) is 0.954. The second kappa shape index (κ2) is 3.84. The van der Waals surface area contributed by atoms with Crippen molar-refractivity contribution in [3.05, 3.63) is 17.5 Å². The molecule has 15 heavy (non-hydrogen) atoms. The Hall–Kier alpha value is -1.65. The van der Waals surface area contributed by atoms with Gasteiger partial charge in [-0.15, -0.1) is 0 Å². The average Bonchev–Trinajstić information content (AvgIpc) is 2.48. The SMILES string of the molecule is N#CCc1cc(C(F)(F)F)nn1C(F)F. The first kappa shape index (κ1) is 11.4. The van der Waals surface area contributed by atoms with Crippen LogP contribution in [-0.2, 0) is 12.6 Å². The summed E-state index contributed by atoms with van der Waals surface area (Å²) in [5.41, 5.74) is -1.88. The van der Waals surface area contributed by atoms with Gasteiger partial charge in [-0.25, -0.2) is 4.68 Å². The number of nitrogens with zero attached hydrogens (tertiary/aromatic N) is 3. The van der Waals surface area contributed by atoms with Gasteiger partial charge in [-0.05, 0) is 6.07 Å². The van der Waals surface area contributed by atoms with E-state index in [0.29, 0.717) is 6.07 Å². The lowest BCUT2D eigenvalue weighted by Gasteiger charge is -2.02. The molecule has 0 unspecified atom stereocenters. The zero-order valence-electron chi connectivity index (χ0n) is 7.09. The molecule has 0 aromatic carbocycles. The number of hydrogen-bond donors (Lipinski definition) is 0. The molecule has 1 aromatic heterocycles. The molecule has 0 spiro atoms. The topological polar surface area (TPSA) is 41.6 Å². The van der Waals surface area contributed by atoms with Crippen molar-refractivity contribution in [3.63, 3.8) is 0 Å². The molecule has 0 saturated heterocycles. The van der Waals surface area contributed by atoms with E-state index in [1.807, 2.05) is 0 Å². The van der Waals surface area contributed by atoms with Gasteiger partial charge in [-0.1, -0.05) is 0 Å². The normalized spacial score (nSPS) is 11.8. The number of halogens is 5. The Labute approximate surface area is 80.7 Å². The van der Waals surface area contributed by atoms with Crippen LogP contribution in [0.15, 0.2) is 6.07 Å². The van der Waals surface area contributed by atoms with Gasteiger partial charge >= 0.3 is 12.7 Å². The van der Waals surface area contributed by atoms with Crippen LogP contribution in [0.3, 0.4) is 0 Å². The maximum Gasteiger partial charge on any atom is 0.435 e. The summed E-state index contributed by atoms with van der Waals surface area (Å²) in [6.45, 7) is -3.19. The maximum absolute atomic E-state index is 12.2.